The van der Waals surface area contributed by atoms with Gasteiger partial charge in [0.25, 0.3) is 11.5 Å². The molecule has 1 aromatic heterocycles. The van der Waals surface area contributed by atoms with Gasteiger partial charge in [0.2, 0.25) is 5.82 Å². The number of benzene rings is 2. The van der Waals surface area contributed by atoms with Gasteiger partial charge in [-0.15, -0.1) is 0 Å². The Balaban J connectivity index is 1.62. The summed E-state index contributed by atoms with van der Waals surface area (Å²) < 4.78 is 27.1. The highest BCUT2D eigenvalue weighted by Gasteiger charge is 2.38. The van der Waals surface area contributed by atoms with E-state index < -0.39 is 41.4 Å². The van der Waals surface area contributed by atoms with Crippen molar-refractivity contribution in [3.8, 4) is 0 Å². The van der Waals surface area contributed by atoms with E-state index in [0.29, 0.717) is 0 Å². The van der Waals surface area contributed by atoms with E-state index in [4.69, 9.17) is 9.47 Å². The number of hydrogen-bond donors (Lipinski definition) is 1. The van der Waals surface area contributed by atoms with Crippen molar-refractivity contribution >= 4 is 5.91 Å². The molecule has 166 valence electrons. The number of aliphatic hydroxyl groups is 1. The fourth-order valence-corrected chi connectivity index (χ4v) is 3.62. The highest BCUT2D eigenvalue weighted by Crippen LogP contribution is 2.30. The van der Waals surface area contributed by atoms with E-state index in [1.807, 2.05) is 30.3 Å². The fourth-order valence-electron chi connectivity index (χ4n) is 3.62. The largest absolute Gasteiger partial charge is 0.394 e. The summed E-state index contributed by atoms with van der Waals surface area (Å²) in [5.74, 6) is -2.21. The normalized spacial score (nSPS) is 20.4. The molecule has 1 aliphatic rings. The summed E-state index contributed by atoms with van der Waals surface area (Å²) in [6, 6.07) is 17.0. The van der Waals surface area contributed by atoms with Crippen LogP contribution in [0.4, 0.5) is 4.39 Å². The van der Waals surface area contributed by atoms with Crippen molar-refractivity contribution < 1.29 is 23.8 Å². The molecule has 9 heteroatoms. The first-order chi connectivity index (χ1) is 15.5. The molecule has 1 aliphatic heterocycles. The van der Waals surface area contributed by atoms with Crippen molar-refractivity contribution in [3.63, 3.8) is 0 Å². The van der Waals surface area contributed by atoms with Gasteiger partial charge >= 0.3 is 5.69 Å². The van der Waals surface area contributed by atoms with Gasteiger partial charge in [-0.2, -0.15) is 8.96 Å². The zero-order valence-corrected chi connectivity index (χ0v) is 17.0. The molecule has 1 unspecified atom stereocenters. The molecule has 1 fully saturated rings. The van der Waals surface area contributed by atoms with Crippen LogP contribution in [-0.2, 0) is 16.1 Å². The molecular formula is C23H21FN2O6. The summed E-state index contributed by atoms with van der Waals surface area (Å²) >= 11 is 0. The van der Waals surface area contributed by atoms with Gasteiger partial charge in [-0.1, -0.05) is 48.5 Å². The molecule has 2 heterocycles. The Bertz CT molecular complexity index is 1210. The Labute approximate surface area is 182 Å². The molecule has 32 heavy (non-hydrogen) atoms. The van der Waals surface area contributed by atoms with E-state index in [-0.39, 0.29) is 29.8 Å². The third-order valence-electron chi connectivity index (χ3n) is 5.27. The number of carbonyl (C=O) groups is 1. The number of ether oxygens (including phenoxy) is 2. The van der Waals surface area contributed by atoms with Gasteiger partial charge in [0, 0.05) is 12.0 Å². The minimum atomic E-state index is -1.34. The molecule has 4 rings (SSSR count). The second kappa shape index (κ2) is 9.39. The molecule has 0 saturated carbocycles. The summed E-state index contributed by atoms with van der Waals surface area (Å²) in [7, 11) is 0. The molecule has 1 saturated heterocycles. The van der Waals surface area contributed by atoms with Crippen LogP contribution in [0.25, 0.3) is 0 Å². The number of rotatable bonds is 6. The quantitative estimate of drug-likeness (QED) is 0.627. The molecule has 1 N–H and O–H groups in total. The maximum Gasteiger partial charge on any atom is 0.340 e. The maximum atomic E-state index is 14.4. The van der Waals surface area contributed by atoms with Gasteiger partial charge in [-0.25, -0.2) is 4.79 Å². The van der Waals surface area contributed by atoms with Gasteiger partial charge in [-0.05, 0) is 17.7 Å². The second-order valence-corrected chi connectivity index (χ2v) is 7.36. The van der Waals surface area contributed by atoms with Crippen molar-refractivity contribution in [1.82, 2.24) is 9.13 Å². The van der Waals surface area contributed by atoms with Gasteiger partial charge in [-0.3, -0.25) is 14.2 Å². The number of aromatic nitrogens is 2. The summed E-state index contributed by atoms with van der Waals surface area (Å²) in [5.41, 5.74) is -1.39. The van der Waals surface area contributed by atoms with Gasteiger partial charge in [0.05, 0.1) is 25.5 Å². The average Bonchev–Trinajstić information content (AvgIpc) is 3.24. The minimum absolute atomic E-state index is 0.0634. The molecule has 0 aliphatic carbocycles. The molecule has 3 aromatic rings. The van der Waals surface area contributed by atoms with Crippen LogP contribution in [-0.4, -0.2) is 39.0 Å². The van der Waals surface area contributed by atoms with E-state index in [2.05, 4.69) is 0 Å². The molecule has 8 nitrogen and oxygen atoms in total. The standard InChI is InChI=1S/C23H21FN2O6/c24-17-12-25(23(30)26(22(17)29)21(28)16-9-5-2-6-10-16)20-11-18(19(13-27)32-20)31-14-15-7-3-1-4-8-15/h1-10,12,18-20,27H,11,13-14H2/t18?,19-,20-/m0/s1. The predicted octanol–water partition coefficient (Wildman–Crippen LogP) is 1.70. The Kier molecular flexibility index (Phi) is 6.40. The molecule has 0 spiro atoms. The van der Waals surface area contributed by atoms with Crippen molar-refractivity contribution in [2.24, 2.45) is 0 Å². The van der Waals surface area contributed by atoms with Gasteiger partial charge in [0.15, 0.2) is 0 Å². The first kappa shape index (κ1) is 21.8. The van der Waals surface area contributed by atoms with E-state index in [0.717, 1.165) is 16.3 Å². The molecule has 2 aromatic carbocycles. The predicted molar refractivity (Wildman–Crippen MR) is 112 cm³/mol. The van der Waals surface area contributed by atoms with Crippen LogP contribution in [0.2, 0.25) is 0 Å². The van der Waals surface area contributed by atoms with Crippen LogP contribution in [0, 0.1) is 5.82 Å². The maximum absolute atomic E-state index is 14.4. The SMILES string of the molecule is O=C(c1ccccc1)n1c(=O)c(F)cn([C@@H]2CC(OCc3ccccc3)[C@H](CO)O2)c1=O. The lowest BCUT2D eigenvalue weighted by Gasteiger charge is -2.17. The molecule has 0 radical (unpaired) electrons. The number of hydrogen-bond acceptors (Lipinski definition) is 6. The fraction of sp³-hybridized carbons (Fsp3) is 0.261. The lowest BCUT2D eigenvalue weighted by Crippen LogP contribution is -2.46. The highest BCUT2D eigenvalue weighted by atomic mass is 19.1. The van der Waals surface area contributed by atoms with Crippen LogP contribution < -0.4 is 11.2 Å². The summed E-state index contributed by atoms with van der Waals surface area (Å²) in [4.78, 5) is 38.0. The smallest absolute Gasteiger partial charge is 0.340 e. The molecule has 0 amide bonds. The van der Waals surface area contributed by atoms with Crippen LogP contribution in [0.3, 0.4) is 0 Å². The monoisotopic (exact) mass is 440 g/mol. The average molecular weight is 440 g/mol. The third-order valence-corrected chi connectivity index (χ3v) is 5.27. The molecule has 0 bridgehead atoms. The van der Waals surface area contributed by atoms with E-state index in [1.165, 1.54) is 12.1 Å². The van der Waals surface area contributed by atoms with Gasteiger partial charge < -0.3 is 14.6 Å². The zero-order chi connectivity index (χ0) is 22.7. The first-order valence-electron chi connectivity index (χ1n) is 10.0. The summed E-state index contributed by atoms with van der Waals surface area (Å²) in [6.45, 7) is -0.122. The van der Waals surface area contributed by atoms with Crippen LogP contribution in [0.1, 0.15) is 28.6 Å². The molecule has 3 atom stereocenters. The topological polar surface area (TPSA) is 99.8 Å². The summed E-state index contributed by atoms with van der Waals surface area (Å²) in [6.07, 6.45) is -1.52. The van der Waals surface area contributed by atoms with E-state index in [1.54, 1.807) is 18.2 Å². The number of carbonyl (C=O) groups excluding carboxylic acids is 1. The number of halogens is 1. The van der Waals surface area contributed by atoms with Crippen molar-refractivity contribution in [1.29, 1.82) is 0 Å². The van der Waals surface area contributed by atoms with Crippen LogP contribution in [0.5, 0.6) is 0 Å². The zero-order valence-electron chi connectivity index (χ0n) is 17.0. The molecular weight excluding hydrogens is 419 g/mol. The lowest BCUT2D eigenvalue weighted by atomic mass is 10.1. The highest BCUT2D eigenvalue weighted by molar-refractivity contribution is 5.95. The van der Waals surface area contributed by atoms with Crippen LogP contribution >= 0.6 is 0 Å². The van der Waals surface area contributed by atoms with E-state index >= 15 is 0 Å². The Morgan fingerprint density at radius 1 is 1.09 bits per heavy atom. The second-order valence-electron chi connectivity index (χ2n) is 7.36. The lowest BCUT2D eigenvalue weighted by molar-refractivity contribution is -0.0661. The number of nitrogens with zero attached hydrogens (tertiary/aromatic N) is 2. The van der Waals surface area contributed by atoms with E-state index in [9.17, 15) is 23.9 Å². The number of aliphatic hydroxyl groups excluding tert-OH is 1. The van der Waals surface area contributed by atoms with Crippen LogP contribution in [0.15, 0.2) is 76.4 Å². The minimum Gasteiger partial charge on any atom is -0.394 e. The van der Waals surface area contributed by atoms with Crippen molar-refractivity contribution in [2.45, 2.75) is 31.5 Å². The van der Waals surface area contributed by atoms with Crippen molar-refractivity contribution in [3.05, 3.63) is 105 Å². The Morgan fingerprint density at radius 2 is 1.75 bits per heavy atom. The van der Waals surface area contributed by atoms with Crippen molar-refractivity contribution in [2.75, 3.05) is 6.61 Å². The summed E-state index contributed by atoms with van der Waals surface area (Å²) in [5, 5.41) is 9.68. The third kappa shape index (κ3) is 4.31. The first-order valence-corrected chi connectivity index (χ1v) is 10.0. The Morgan fingerprint density at radius 3 is 2.41 bits per heavy atom. The Hall–Kier alpha value is -3.40. The van der Waals surface area contributed by atoms with Gasteiger partial charge in [0.1, 0.15) is 12.3 Å².